The van der Waals surface area contributed by atoms with E-state index in [1.54, 1.807) is 19.9 Å². The number of hydrogen-bond acceptors (Lipinski definition) is 3. The van der Waals surface area contributed by atoms with Crippen LogP contribution < -0.4 is 0 Å². The Morgan fingerprint density at radius 2 is 2.17 bits per heavy atom. The minimum atomic E-state index is -3.32. The van der Waals surface area contributed by atoms with Crippen LogP contribution in [0.1, 0.15) is 20.3 Å². The van der Waals surface area contributed by atoms with E-state index in [0.29, 0.717) is 6.42 Å². The summed E-state index contributed by atoms with van der Waals surface area (Å²) in [5.41, 5.74) is 0. The van der Waals surface area contributed by atoms with Gasteiger partial charge in [-0.15, -0.1) is 6.58 Å². The van der Waals surface area contributed by atoms with E-state index in [9.17, 15) is 8.42 Å². The molecule has 1 saturated carbocycles. The zero-order chi connectivity index (χ0) is 9.35. The molecule has 0 unspecified atom stereocenters. The van der Waals surface area contributed by atoms with Gasteiger partial charge in [-0.1, -0.05) is 6.08 Å². The molecule has 0 aliphatic heterocycles. The Bertz CT molecular complexity index is 266. The van der Waals surface area contributed by atoms with Gasteiger partial charge in [0.15, 0.2) is 0 Å². The number of rotatable bonds is 4. The largest absolute Gasteiger partial charge is 0.271 e. The van der Waals surface area contributed by atoms with Crippen LogP contribution in [-0.2, 0) is 14.3 Å². The lowest BCUT2D eigenvalue weighted by atomic mass is 10.4. The average molecular weight is 190 g/mol. The van der Waals surface area contributed by atoms with E-state index in [2.05, 4.69) is 6.58 Å². The van der Waals surface area contributed by atoms with E-state index < -0.39 is 10.1 Å². The molecular weight excluding hydrogens is 176 g/mol. The summed E-state index contributed by atoms with van der Waals surface area (Å²) >= 11 is 0. The fourth-order valence-electron chi connectivity index (χ4n) is 1.11. The van der Waals surface area contributed by atoms with Crippen LogP contribution in [0.5, 0.6) is 0 Å². The zero-order valence-electron chi connectivity index (χ0n) is 7.36. The smallest absolute Gasteiger partial charge is 0.267 e. The second-order valence-corrected chi connectivity index (χ2v) is 5.10. The maximum Gasteiger partial charge on any atom is 0.271 e. The van der Waals surface area contributed by atoms with Gasteiger partial charge in [0.05, 0.1) is 11.4 Å². The van der Waals surface area contributed by atoms with Crippen molar-refractivity contribution < 1.29 is 12.6 Å². The molecule has 70 valence electrons. The van der Waals surface area contributed by atoms with E-state index in [0.717, 1.165) is 0 Å². The van der Waals surface area contributed by atoms with Gasteiger partial charge < -0.3 is 0 Å². The molecular formula is C8H14O3S. The van der Waals surface area contributed by atoms with Gasteiger partial charge in [0.25, 0.3) is 10.1 Å². The molecule has 0 bridgehead atoms. The Kier molecular flexibility index (Phi) is 2.58. The molecule has 0 aromatic carbocycles. The maximum absolute atomic E-state index is 11.3. The first-order chi connectivity index (χ1) is 5.47. The molecule has 0 spiro atoms. The van der Waals surface area contributed by atoms with Gasteiger partial charge >= 0.3 is 0 Å². The van der Waals surface area contributed by atoms with Crippen molar-refractivity contribution in [2.75, 3.05) is 0 Å². The third-order valence-electron chi connectivity index (χ3n) is 1.78. The molecule has 1 aliphatic rings. The Hall–Kier alpha value is -0.350. The van der Waals surface area contributed by atoms with E-state index in [1.165, 1.54) is 0 Å². The SMILES string of the molecule is C=C[C@H]1C[C@H]1S(=O)(=O)OC(C)C. The summed E-state index contributed by atoms with van der Waals surface area (Å²) in [6.07, 6.45) is 2.07. The molecule has 0 aromatic heterocycles. The summed E-state index contributed by atoms with van der Waals surface area (Å²) < 4.78 is 27.4. The normalized spacial score (nSPS) is 28.9. The average Bonchev–Trinajstić information content (AvgIpc) is 2.61. The summed E-state index contributed by atoms with van der Waals surface area (Å²) in [6.45, 7) is 6.97. The Morgan fingerprint density at radius 3 is 2.50 bits per heavy atom. The van der Waals surface area contributed by atoms with Gasteiger partial charge in [-0.3, -0.25) is 4.18 Å². The van der Waals surface area contributed by atoms with Crippen LogP contribution in [0.2, 0.25) is 0 Å². The summed E-state index contributed by atoms with van der Waals surface area (Å²) in [6, 6.07) is 0. The fraction of sp³-hybridized carbons (Fsp3) is 0.750. The molecule has 0 saturated heterocycles. The standard InChI is InChI=1S/C8H14O3S/c1-4-7-5-8(7)12(9,10)11-6(2)3/h4,6-8H,1,5H2,2-3H3/t7-,8+/m0/s1. The summed E-state index contributed by atoms with van der Waals surface area (Å²) in [7, 11) is -3.32. The molecule has 1 aliphatic carbocycles. The third kappa shape index (κ3) is 2.08. The van der Waals surface area contributed by atoms with Crippen LogP contribution in [0, 0.1) is 5.92 Å². The molecule has 0 heterocycles. The quantitative estimate of drug-likeness (QED) is 0.496. The predicted molar refractivity (Wildman–Crippen MR) is 47.2 cm³/mol. The van der Waals surface area contributed by atoms with Gasteiger partial charge in [0.1, 0.15) is 0 Å². The Balaban J connectivity index is 2.57. The van der Waals surface area contributed by atoms with Gasteiger partial charge in [0.2, 0.25) is 0 Å². The van der Waals surface area contributed by atoms with Crippen LogP contribution >= 0.6 is 0 Å². The molecule has 0 amide bonds. The second-order valence-electron chi connectivity index (χ2n) is 3.31. The van der Waals surface area contributed by atoms with Crippen LogP contribution in [0.4, 0.5) is 0 Å². The molecule has 0 radical (unpaired) electrons. The summed E-state index contributed by atoms with van der Waals surface area (Å²) in [5, 5.41) is -0.336. The Labute approximate surface area is 73.5 Å². The summed E-state index contributed by atoms with van der Waals surface area (Å²) in [4.78, 5) is 0. The van der Waals surface area contributed by atoms with Crippen molar-refractivity contribution in [3.63, 3.8) is 0 Å². The van der Waals surface area contributed by atoms with Gasteiger partial charge in [-0.25, -0.2) is 0 Å². The van der Waals surface area contributed by atoms with Gasteiger partial charge in [-0.2, -0.15) is 8.42 Å². The highest BCUT2D eigenvalue weighted by atomic mass is 32.2. The van der Waals surface area contributed by atoms with E-state index >= 15 is 0 Å². The highest BCUT2D eigenvalue weighted by Gasteiger charge is 2.46. The van der Waals surface area contributed by atoms with Crippen molar-refractivity contribution in [1.29, 1.82) is 0 Å². The lowest BCUT2D eigenvalue weighted by molar-refractivity contribution is 0.248. The van der Waals surface area contributed by atoms with Crippen molar-refractivity contribution >= 4 is 10.1 Å². The lowest BCUT2D eigenvalue weighted by Crippen LogP contribution is -2.17. The van der Waals surface area contributed by atoms with Gasteiger partial charge in [0, 0.05) is 0 Å². The third-order valence-corrected chi connectivity index (χ3v) is 3.72. The van der Waals surface area contributed by atoms with Crippen molar-refractivity contribution in [2.45, 2.75) is 31.6 Å². The number of allylic oxidation sites excluding steroid dienone is 1. The van der Waals surface area contributed by atoms with Gasteiger partial charge in [-0.05, 0) is 26.2 Å². The van der Waals surface area contributed by atoms with Crippen LogP contribution in [0.3, 0.4) is 0 Å². The first-order valence-electron chi connectivity index (χ1n) is 4.02. The first-order valence-corrected chi connectivity index (χ1v) is 5.49. The molecule has 1 fully saturated rings. The van der Waals surface area contributed by atoms with E-state index in [4.69, 9.17) is 4.18 Å². The molecule has 1 rings (SSSR count). The minimum Gasteiger partial charge on any atom is -0.267 e. The van der Waals surface area contributed by atoms with Crippen LogP contribution in [-0.4, -0.2) is 19.8 Å². The topological polar surface area (TPSA) is 43.4 Å². The van der Waals surface area contributed by atoms with Crippen molar-refractivity contribution in [2.24, 2.45) is 5.92 Å². The molecule has 3 nitrogen and oxygen atoms in total. The molecule has 12 heavy (non-hydrogen) atoms. The highest BCUT2D eigenvalue weighted by molar-refractivity contribution is 7.87. The molecule has 4 heteroatoms. The van der Waals surface area contributed by atoms with Crippen molar-refractivity contribution in [3.8, 4) is 0 Å². The van der Waals surface area contributed by atoms with Crippen molar-refractivity contribution in [3.05, 3.63) is 12.7 Å². The fourth-order valence-corrected chi connectivity index (χ4v) is 2.79. The van der Waals surface area contributed by atoms with E-state index in [1.807, 2.05) is 0 Å². The number of hydrogen-bond donors (Lipinski definition) is 0. The minimum absolute atomic E-state index is 0.105. The van der Waals surface area contributed by atoms with Crippen molar-refractivity contribution in [1.82, 2.24) is 0 Å². The lowest BCUT2D eigenvalue weighted by Gasteiger charge is -2.06. The zero-order valence-corrected chi connectivity index (χ0v) is 8.17. The Morgan fingerprint density at radius 1 is 1.58 bits per heavy atom. The molecule has 2 atom stereocenters. The van der Waals surface area contributed by atoms with Crippen LogP contribution in [0.15, 0.2) is 12.7 Å². The maximum atomic E-state index is 11.3. The molecule has 0 aromatic rings. The highest BCUT2D eigenvalue weighted by Crippen LogP contribution is 2.38. The van der Waals surface area contributed by atoms with E-state index in [-0.39, 0.29) is 17.3 Å². The predicted octanol–water partition coefficient (Wildman–Crippen LogP) is 1.32. The summed E-state index contributed by atoms with van der Waals surface area (Å²) in [5.74, 6) is 0.105. The first kappa shape index (κ1) is 9.74. The monoisotopic (exact) mass is 190 g/mol. The van der Waals surface area contributed by atoms with Crippen LogP contribution in [0.25, 0.3) is 0 Å². The molecule has 0 N–H and O–H groups in total. The second kappa shape index (κ2) is 3.18.